The lowest BCUT2D eigenvalue weighted by atomic mass is 9.93. The van der Waals surface area contributed by atoms with Crippen LogP contribution in [0.1, 0.15) is 53.9 Å². The highest BCUT2D eigenvalue weighted by molar-refractivity contribution is 5.75. The maximum atomic E-state index is 12.8. The molecule has 0 aromatic heterocycles. The number of fused-ring (bicyclic) bond motifs is 1. The highest BCUT2D eigenvalue weighted by Crippen LogP contribution is 2.42. The van der Waals surface area contributed by atoms with Crippen LogP contribution in [-0.2, 0) is 66.5 Å². The number of hydrogen-bond acceptors (Lipinski definition) is 22. The van der Waals surface area contributed by atoms with Gasteiger partial charge in [-0.25, -0.2) is 4.79 Å². The van der Waals surface area contributed by atoms with Gasteiger partial charge in [-0.05, 0) is 32.7 Å². The average Bonchev–Trinajstić information content (AvgIpc) is 3.61. The SMILES string of the molecule is CC(=O)NC1C(OC2C(CO)OC(OC3C(O)C(CO)OC(OC4C(O)C(C)OC(OCCCCCN)C4NC(C)=O)C3NC(C)=O)C3O[C@@](C)(C(=O)O)OC23)OC(CO)C(O)C1O. The molecule has 64 heavy (non-hydrogen) atoms. The van der Waals surface area contributed by atoms with E-state index in [1.54, 1.807) is 0 Å². The van der Waals surface area contributed by atoms with Crippen LogP contribution < -0.4 is 21.7 Å². The minimum absolute atomic E-state index is 0.189. The third-order valence-electron chi connectivity index (χ3n) is 11.5. The lowest BCUT2D eigenvalue weighted by Crippen LogP contribution is -2.71. The van der Waals surface area contributed by atoms with E-state index in [1.807, 2.05) is 0 Å². The topological polar surface area (TPSA) is 385 Å². The Bertz CT molecular complexity index is 1570. The van der Waals surface area contributed by atoms with Gasteiger partial charge in [0.05, 0.1) is 25.9 Å². The largest absolute Gasteiger partial charge is 0.477 e. The number of ether oxygens (including phenoxy) is 10. The van der Waals surface area contributed by atoms with Gasteiger partial charge in [-0.1, -0.05) is 0 Å². The molecule has 0 saturated carbocycles. The molecule has 26 heteroatoms. The predicted molar refractivity (Wildman–Crippen MR) is 208 cm³/mol. The van der Waals surface area contributed by atoms with Gasteiger partial charge < -0.3 is 110 Å². The Balaban J connectivity index is 1.47. The molecule has 0 aliphatic carbocycles. The first kappa shape index (κ1) is 52.1. The summed E-state index contributed by atoms with van der Waals surface area (Å²) in [6, 6.07) is -4.20. The van der Waals surface area contributed by atoms with Crippen molar-refractivity contribution in [1.82, 2.24) is 16.0 Å². The fraction of sp³-hybridized carbons (Fsp3) is 0.895. The van der Waals surface area contributed by atoms with Crippen LogP contribution in [0.5, 0.6) is 0 Å². The van der Waals surface area contributed by atoms with E-state index in [9.17, 15) is 60.0 Å². The van der Waals surface area contributed by atoms with Crippen LogP contribution in [0.2, 0.25) is 0 Å². The summed E-state index contributed by atoms with van der Waals surface area (Å²) in [4.78, 5) is 50.0. The second-order valence-corrected chi connectivity index (χ2v) is 16.5. The molecule has 0 aromatic rings. The number of carbonyl (C=O) groups excluding carboxylic acids is 3. The molecule has 13 N–H and O–H groups in total. The number of nitrogens with two attached hydrogens (primary N) is 1. The van der Waals surface area contributed by atoms with E-state index in [2.05, 4.69) is 16.0 Å². The average molecular weight is 929 g/mol. The van der Waals surface area contributed by atoms with Gasteiger partial charge in [0.1, 0.15) is 91.4 Å². The molecule has 5 rings (SSSR count). The highest BCUT2D eigenvalue weighted by atomic mass is 16.8. The summed E-state index contributed by atoms with van der Waals surface area (Å²) in [7, 11) is 0. The Morgan fingerprint density at radius 3 is 1.64 bits per heavy atom. The molecule has 0 aromatic carbocycles. The highest BCUT2D eigenvalue weighted by Gasteiger charge is 2.63. The number of carboxylic acids is 1. The van der Waals surface area contributed by atoms with Crippen LogP contribution in [0.25, 0.3) is 0 Å². The minimum Gasteiger partial charge on any atom is -0.477 e. The zero-order chi connectivity index (χ0) is 47.2. The van der Waals surface area contributed by atoms with Crippen molar-refractivity contribution >= 4 is 23.7 Å². The van der Waals surface area contributed by atoms with Gasteiger partial charge in [-0.2, -0.15) is 0 Å². The minimum atomic E-state index is -2.44. The predicted octanol–water partition coefficient (Wildman–Crippen LogP) is -6.27. The summed E-state index contributed by atoms with van der Waals surface area (Å²) in [5, 5.41) is 93.4. The Morgan fingerprint density at radius 2 is 1.08 bits per heavy atom. The molecule has 0 radical (unpaired) electrons. The molecule has 0 bridgehead atoms. The smallest absolute Gasteiger partial charge is 0.364 e. The molecule has 368 valence electrons. The number of unbranched alkanes of at least 4 members (excludes halogenated alkanes) is 2. The van der Waals surface area contributed by atoms with E-state index < -0.39 is 172 Å². The maximum absolute atomic E-state index is 12.8. The molecule has 5 saturated heterocycles. The fourth-order valence-corrected chi connectivity index (χ4v) is 8.32. The maximum Gasteiger partial charge on any atom is 0.364 e. The normalized spacial score (nSPS) is 43.5. The number of aliphatic hydroxyl groups excluding tert-OH is 7. The van der Waals surface area contributed by atoms with Crippen LogP contribution in [0.4, 0.5) is 0 Å². The monoisotopic (exact) mass is 928 g/mol. The third kappa shape index (κ3) is 11.8. The van der Waals surface area contributed by atoms with Crippen LogP contribution in [0, 0.1) is 0 Å². The first-order valence-electron chi connectivity index (χ1n) is 21.1. The molecule has 5 aliphatic heterocycles. The second kappa shape index (κ2) is 22.8. The van der Waals surface area contributed by atoms with Crippen molar-refractivity contribution in [2.45, 2.75) is 182 Å². The summed E-state index contributed by atoms with van der Waals surface area (Å²) < 4.78 is 60.4. The number of nitrogens with one attached hydrogen (secondary N) is 3. The molecule has 0 spiro atoms. The second-order valence-electron chi connectivity index (χ2n) is 16.5. The van der Waals surface area contributed by atoms with Crippen LogP contribution in [0.15, 0.2) is 0 Å². The van der Waals surface area contributed by atoms with Crippen molar-refractivity contribution < 1.29 is 107 Å². The molecule has 20 unspecified atom stereocenters. The van der Waals surface area contributed by atoms with E-state index in [0.29, 0.717) is 13.0 Å². The van der Waals surface area contributed by atoms with E-state index >= 15 is 0 Å². The van der Waals surface area contributed by atoms with Gasteiger partial charge >= 0.3 is 5.97 Å². The number of amides is 3. The Hall–Kier alpha value is -2.84. The molecule has 5 heterocycles. The van der Waals surface area contributed by atoms with Crippen LogP contribution in [0.3, 0.4) is 0 Å². The Morgan fingerprint density at radius 1 is 0.594 bits per heavy atom. The summed E-state index contributed by atoms with van der Waals surface area (Å²) in [5.41, 5.74) is 5.60. The van der Waals surface area contributed by atoms with Crippen LogP contribution in [-0.4, -0.2) is 226 Å². The number of aliphatic hydroxyl groups is 7. The van der Waals surface area contributed by atoms with Gasteiger partial charge in [0.2, 0.25) is 17.7 Å². The Labute approximate surface area is 367 Å². The van der Waals surface area contributed by atoms with E-state index in [4.69, 9.17) is 53.1 Å². The molecule has 21 atom stereocenters. The van der Waals surface area contributed by atoms with Gasteiger partial charge in [-0.3, -0.25) is 14.4 Å². The summed E-state index contributed by atoms with van der Waals surface area (Å²) in [6.45, 7) is 4.14. The zero-order valence-electron chi connectivity index (χ0n) is 36.1. The van der Waals surface area contributed by atoms with E-state index in [0.717, 1.165) is 33.6 Å². The number of carbonyl (C=O) groups is 4. The van der Waals surface area contributed by atoms with Crippen molar-refractivity contribution in [2.24, 2.45) is 5.73 Å². The molecule has 26 nitrogen and oxygen atoms in total. The number of carboxylic acid groups (broad SMARTS) is 1. The van der Waals surface area contributed by atoms with Gasteiger partial charge in [0.25, 0.3) is 5.79 Å². The number of rotatable bonds is 19. The summed E-state index contributed by atoms with van der Waals surface area (Å²) in [6.07, 6.45) is -24.2. The first-order valence-corrected chi connectivity index (χ1v) is 21.1. The van der Waals surface area contributed by atoms with Crippen molar-refractivity contribution in [3.63, 3.8) is 0 Å². The summed E-state index contributed by atoms with van der Waals surface area (Å²) in [5.74, 6) is -6.01. The Kier molecular flexibility index (Phi) is 18.5. The van der Waals surface area contributed by atoms with Crippen molar-refractivity contribution in [2.75, 3.05) is 33.0 Å². The van der Waals surface area contributed by atoms with Gasteiger partial charge in [0, 0.05) is 34.3 Å². The quantitative estimate of drug-likeness (QED) is 0.0536. The number of hydrogen-bond donors (Lipinski definition) is 12. The van der Waals surface area contributed by atoms with E-state index in [-0.39, 0.29) is 6.61 Å². The molecule has 5 aliphatic rings. The zero-order valence-corrected chi connectivity index (χ0v) is 36.1. The van der Waals surface area contributed by atoms with Crippen molar-refractivity contribution in [3.05, 3.63) is 0 Å². The van der Waals surface area contributed by atoms with Gasteiger partial charge in [-0.15, -0.1) is 0 Å². The van der Waals surface area contributed by atoms with Crippen molar-refractivity contribution in [1.29, 1.82) is 0 Å². The van der Waals surface area contributed by atoms with E-state index in [1.165, 1.54) is 13.8 Å². The molecular formula is C38H64N4O22. The molecular weight excluding hydrogens is 864 g/mol. The van der Waals surface area contributed by atoms with Crippen molar-refractivity contribution in [3.8, 4) is 0 Å². The summed E-state index contributed by atoms with van der Waals surface area (Å²) >= 11 is 0. The third-order valence-corrected chi connectivity index (χ3v) is 11.5. The standard InChI is InChI=1S/C38H64N4O22/c1-14-24(49)29(22(41-16(3)47)33(56-14)55-10-8-6-7-9-39)61-35-23(42-17(4)48)30(26(51)19(12-44)58-35)62-36-32-31(63-38(5,64-32)37(53)54)28(20(13-45)59-36)60-34-21(40-15(2)46)27(52)25(50)18(11-43)57-34/h14,18-36,43-45,49-52H,6-13,39H2,1-5H3,(H,40,46)(H,41,47)(H,42,48)(H,53,54)/t14?,18?,19?,20?,21?,22?,23?,24?,25?,26?,27?,28?,29?,30?,31?,32?,33?,34?,35?,36?,38-/m0/s1. The first-order chi connectivity index (χ1) is 30.3. The number of aliphatic carboxylic acids is 1. The fourth-order valence-electron chi connectivity index (χ4n) is 8.32. The molecule has 5 fully saturated rings. The lowest BCUT2D eigenvalue weighted by Gasteiger charge is -2.50. The lowest BCUT2D eigenvalue weighted by molar-refractivity contribution is -0.362. The molecule has 3 amide bonds. The van der Waals surface area contributed by atoms with Crippen LogP contribution >= 0.6 is 0 Å². The van der Waals surface area contributed by atoms with Gasteiger partial charge in [0.15, 0.2) is 25.2 Å².